The maximum Gasteiger partial charge on any atom is 0.306 e. The fourth-order valence-electron chi connectivity index (χ4n) is 1.82. The minimum Gasteiger partial charge on any atom is -0.469 e. The molecular weight excluding hydrogens is 220 g/mol. The van der Waals surface area contributed by atoms with Crippen LogP contribution in [-0.2, 0) is 14.3 Å². The largest absolute Gasteiger partial charge is 0.469 e. The second-order valence-electron chi connectivity index (χ2n) is 4.04. The second-order valence-corrected chi connectivity index (χ2v) is 4.04. The highest BCUT2D eigenvalue weighted by Gasteiger charge is 2.20. The predicted octanol–water partition coefficient (Wildman–Crippen LogP) is 0.270. The first-order valence-electron chi connectivity index (χ1n) is 5.85. The molecule has 0 aromatic rings. The molecule has 0 bridgehead atoms. The van der Waals surface area contributed by atoms with Gasteiger partial charge in [0.15, 0.2) is 0 Å². The SMILES string of the molecule is C=CCC(=O)N1CCN(CCC(=O)OC)CC1. The van der Waals surface area contributed by atoms with Crippen molar-refractivity contribution >= 4 is 11.9 Å². The van der Waals surface area contributed by atoms with Crippen molar-refractivity contribution in [2.45, 2.75) is 12.8 Å². The Labute approximate surface area is 102 Å². The van der Waals surface area contributed by atoms with Gasteiger partial charge in [0, 0.05) is 39.1 Å². The van der Waals surface area contributed by atoms with Gasteiger partial charge in [0.2, 0.25) is 5.91 Å². The van der Waals surface area contributed by atoms with Crippen LogP contribution in [0.25, 0.3) is 0 Å². The van der Waals surface area contributed by atoms with E-state index in [2.05, 4.69) is 16.2 Å². The van der Waals surface area contributed by atoms with Gasteiger partial charge in [0.05, 0.1) is 13.5 Å². The third kappa shape index (κ3) is 4.56. The lowest BCUT2D eigenvalue weighted by Crippen LogP contribution is -2.48. The predicted molar refractivity (Wildman–Crippen MR) is 64.5 cm³/mol. The van der Waals surface area contributed by atoms with Gasteiger partial charge in [-0.2, -0.15) is 0 Å². The molecule has 1 fully saturated rings. The molecule has 0 aliphatic carbocycles. The topological polar surface area (TPSA) is 49.9 Å². The van der Waals surface area contributed by atoms with E-state index >= 15 is 0 Å². The number of piperazine rings is 1. The van der Waals surface area contributed by atoms with E-state index in [4.69, 9.17) is 0 Å². The van der Waals surface area contributed by atoms with E-state index in [1.165, 1.54) is 7.11 Å². The van der Waals surface area contributed by atoms with Gasteiger partial charge >= 0.3 is 5.97 Å². The van der Waals surface area contributed by atoms with Crippen LogP contribution in [0.1, 0.15) is 12.8 Å². The third-order valence-corrected chi connectivity index (χ3v) is 2.90. The molecule has 0 aromatic carbocycles. The number of carbonyl (C=O) groups excluding carboxylic acids is 2. The quantitative estimate of drug-likeness (QED) is 0.511. The summed E-state index contributed by atoms with van der Waals surface area (Å²) in [7, 11) is 1.40. The summed E-state index contributed by atoms with van der Waals surface area (Å²) < 4.78 is 4.59. The van der Waals surface area contributed by atoms with Gasteiger partial charge in [-0.25, -0.2) is 0 Å². The summed E-state index contributed by atoms with van der Waals surface area (Å²) in [6, 6.07) is 0. The van der Waals surface area contributed by atoms with Crippen molar-refractivity contribution in [1.29, 1.82) is 0 Å². The maximum absolute atomic E-state index is 11.6. The number of esters is 1. The van der Waals surface area contributed by atoms with Crippen molar-refractivity contribution in [1.82, 2.24) is 9.80 Å². The molecule has 0 N–H and O–H groups in total. The van der Waals surface area contributed by atoms with Crippen LogP contribution in [0.2, 0.25) is 0 Å². The van der Waals surface area contributed by atoms with Crippen molar-refractivity contribution in [3.8, 4) is 0 Å². The van der Waals surface area contributed by atoms with E-state index in [-0.39, 0.29) is 11.9 Å². The summed E-state index contributed by atoms with van der Waals surface area (Å²) in [6.07, 6.45) is 2.45. The first-order chi connectivity index (χ1) is 8.17. The lowest BCUT2D eigenvalue weighted by atomic mass is 10.2. The van der Waals surface area contributed by atoms with Crippen molar-refractivity contribution in [2.75, 3.05) is 39.8 Å². The molecule has 0 radical (unpaired) electrons. The van der Waals surface area contributed by atoms with Crippen LogP contribution in [0, 0.1) is 0 Å². The highest BCUT2D eigenvalue weighted by Crippen LogP contribution is 2.05. The zero-order chi connectivity index (χ0) is 12.7. The smallest absolute Gasteiger partial charge is 0.306 e. The van der Waals surface area contributed by atoms with E-state index in [1.54, 1.807) is 6.08 Å². The number of rotatable bonds is 5. The minimum absolute atomic E-state index is 0.132. The normalized spacial score (nSPS) is 16.6. The molecule has 1 saturated heterocycles. The molecule has 1 aliphatic heterocycles. The number of nitrogens with zero attached hydrogens (tertiary/aromatic N) is 2. The van der Waals surface area contributed by atoms with Crippen LogP contribution in [0.3, 0.4) is 0 Å². The van der Waals surface area contributed by atoms with Gasteiger partial charge in [-0.3, -0.25) is 14.5 Å². The van der Waals surface area contributed by atoms with Crippen molar-refractivity contribution in [2.24, 2.45) is 0 Å². The van der Waals surface area contributed by atoms with E-state index < -0.39 is 0 Å². The van der Waals surface area contributed by atoms with Gasteiger partial charge < -0.3 is 9.64 Å². The Bertz CT molecular complexity index is 283. The van der Waals surface area contributed by atoms with E-state index in [1.807, 2.05) is 4.90 Å². The van der Waals surface area contributed by atoms with Crippen LogP contribution in [0.15, 0.2) is 12.7 Å². The van der Waals surface area contributed by atoms with Crippen LogP contribution in [0.5, 0.6) is 0 Å². The molecule has 0 spiro atoms. The summed E-state index contributed by atoms with van der Waals surface area (Å²) in [5.74, 6) is -0.0530. The van der Waals surface area contributed by atoms with E-state index in [0.717, 1.165) is 26.2 Å². The van der Waals surface area contributed by atoms with E-state index in [0.29, 0.717) is 19.4 Å². The molecule has 5 nitrogen and oxygen atoms in total. The molecule has 0 aromatic heterocycles. The number of methoxy groups -OCH3 is 1. The van der Waals surface area contributed by atoms with Gasteiger partial charge in [0.1, 0.15) is 0 Å². The molecule has 17 heavy (non-hydrogen) atoms. The number of hydrogen-bond acceptors (Lipinski definition) is 4. The van der Waals surface area contributed by atoms with Gasteiger partial charge in [-0.15, -0.1) is 6.58 Å². The summed E-state index contributed by atoms with van der Waals surface area (Å²) >= 11 is 0. The molecule has 96 valence electrons. The molecule has 1 rings (SSSR count). The van der Waals surface area contributed by atoms with Crippen molar-refractivity contribution < 1.29 is 14.3 Å². The molecule has 0 atom stereocenters. The zero-order valence-corrected chi connectivity index (χ0v) is 10.4. The molecule has 1 amide bonds. The maximum atomic E-state index is 11.6. The van der Waals surface area contributed by atoms with Crippen molar-refractivity contribution in [3.63, 3.8) is 0 Å². The Kier molecular flexibility index (Phi) is 5.69. The van der Waals surface area contributed by atoms with Crippen LogP contribution in [0.4, 0.5) is 0 Å². The van der Waals surface area contributed by atoms with E-state index in [9.17, 15) is 9.59 Å². The zero-order valence-electron chi connectivity index (χ0n) is 10.4. The first kappa shape index (κ1) is 13.7. The Balaban J connectivity index is 2.23. The van der Waals surface area contributed by atoms with Gasteiger partial charge in [0.25, 0.3) is 0 Å². The highest BCUT2D eigenvalue weighted by atomic mass is 16.5. The second kappa shape index (κ2) is 7.06. The Morgan fingerprint density at radius 3 is 2.47 bits per heavy atom. The summed E-state index contributed by atoms with van der Waals surface area (Å²) in [4.78, 5) is 26.6. The minimum atomic E-state index is -0.185. The van der Waals surface area contributed by atoms with Crippen LogP contribution < -0.4 is 0 Å². The Morgan fingerprint density at radius 2 is 1.94 bits per heavy atom. The molecule has 1 aliphatic rings. The highest BCUT2D eigenvalue weighted by molar-refractivity contribution is 5.77. The molecule has 1 heterocycles. The fourth-order valence-corrected chi connectivity index (χ4v) is 1.82. The number of amides is 1. The average Bonchev–Trinajstić information content (AvgIpc) is 2.36. The molecule has 5 heteroatoms. The van der Waals surface area contributed by atoms with Gasteiger partial charge in [-0.1, -0.05) is 6.08 Å². The fraction of sp³-hybridized carbons (Fsp3) is 0.667. The van der Waals surface area contributed by atoms with Crippen LogP contribution >= 0.6 is 0 Å². The molecule has 0 unspecified atom stereocenters. The monoisotopic (exact) mass is 240 g/mol. The van der Waals surface area contributed by atoms with Gasteiger partial charge in [-0.05, 0) is 0 Å². The summed E-state index contributed by atoms with van der Waals surface area (Å²) in [6.45, 7) is 7.36. The summed E-state index contributed by atoms with van der Waals surface area (Å²) in [5, 5.41) is 0. The first-order valence-corrected chi connectivity index (χ1v) is 5.85. The third-order valence-electron chi connectivity index (χ3n) is 2.90. The van der Waals surface area contributed by atoms with Crippen LogP contribution in [-0.4, -0.2) is 61.5 Å². The molecule has 0 saturated carbocycles. The van der Waals surface area contributed by atoms with Crippen molar-refractivity contribution in [3.05, 3.63) is 12.7 Å². The number of ether oxygens (including phenoxy) is 1. The number of hydrogen-bond donors (Lipinski definition) is 0. The summed E-state index contributed by atoms with van der Waals surface area (Å²) in [5.41, 5.74) is 0. The number of carbonyl (C=O) groups is 2. The average molecular weight is 240 g/mol. The lowest BCUT2D eigenvalue weighted by Gasteiger charge is -2.34. The Morgan fingerprint density at radius 1 is 1.29 bits per heavy atom. The lowest BCUT2D eigenvalue weighted by molar-refractivity contribution is -0.141. The standard InChI is InChI=1S/C12H20N2O3/c1-3-4-11(15)14-9-7-13(8-10-14)6-5-12(16)17-2/h3H,1,4-10H2,2H3. The Hall–Kier alpha value is -1.36. The molecular formula is C12H20N2O3.